The Morgan fingerprint density at radius 3 is 2.53 bits per heavy atom. The smallest absolute Gasteiger partial charge is 0.246 e. The molecular formula is C13H20N2O3S. The fourth-order valence-corrected chi connectivity index (χ4v) is 3.95. The van der Waals surface area contributed by atoms with Crippen LogP contribution in [0, 0.1) is 0 Å². The van der Waals surface area contributed by atoms with Crippen LogP contribution in [-0.4, -0.2) is 32.9 Å². The minimum absolute atomic E-state index is 0.231. The molecule has 19 heavy (non-hydrogen) atoms. The van der Waals surface area contributed by atoms with Gasteiger partial charge >= 0.3 is 0 Å². The molecule has 1 aromatic carbocycles. The summed E-state index contributed by atoms with van der Waals surface area (Å²) in [5.41, 5.74) is 6.42. The second-order valence-electron chi connectivity index (χ2n) is 4.65. The van der Waals surface area contributed by atoms with Crippen molar-refractivity contribution < 1.29 is 13.2 Å². The third-order valence-electron chi connectivity index (χ3n) is 3.40. The molecule has 5 nitrogen and oxygen atoms in total. The van der Waals surface area contributed by atoms with Crippen LogP contribution in [0.4, 0.5) is 0 Å². The summed E-state index contributed by atoms with van der Waals surface area (Å²) in [6, 6.07) is 5.02. The number of nitrogens with two attached hydrogens (primary N) is 1. The first-order chi connectivity index (χ1) is 9.09. The molecule has 1 aromatic rings. The Morgan fingerprint density at radius 2 is 1.95 bits per heavy atom. The van der Waals surface area contributed by atoms with Gasteiger partial charge in [-0.3, -0.25) is 0 Å². The second kappa shape index (κ2) is 5.90. The van der Waals surface area contributed by atoms with Crippen molar-refractivity contribution in [1.29, 1.82) is 0 Å². The number of hydrogen-bond donors (Lipinski definition) is 1. The standard InChI is InChI=1S/C13H20N2O3S/c1-18-12-9-11(10-14)5-6-13(12)19(16,17)15-7-3-2-4-8-15/h5-6,9H,2-4,7-8,10,14H2,1H3. The minimum atomic E-state index is -3.46. The van der Waals surface area contributed by atoms with Crippen molar-refractivity contribution in [3.8, 4) is 5.75 Å². The topological polar surface area (TPSA) is 72.6 Å². The van der Waals surface area contributed by atoms with Crippen molar-refractivity contribution in [3.63, 3.8) is 0 Å². The quantitative estimate of drug-likeness (QED) is 0.905. The molecule has 0 radical (unpaired) electrons. The first kappa shape index (κ1) is 14.3. The van der Waals surface area contributed by atoms with E-state index in [0.717, 1.165) is 24.8 Å². The van der Waals surface area contributed by atoms with Gasteiger partial charge < -0.3 is 10.5 Å². The molecule has 1 aliphatic rings. The predicted molar refractivity (Wildman–Crippen MR) is 73.5 cm³/mol. The Kier molecular flexibility index (Phi) is 4.44. The predicted octanol–water partition coefficient (Wildman–Crippen LogP) is 1.33. The molecule has 0 aromatic heterocycles. The van der Waals surface area contributed by atoms with Crippen molar-refractivity contribution in [2.24, 2.45) is 5.73 Å². The fraction of sp³-hybridized carbons (Fsp3) is 0.538. The molecule has 1 heterocycles. The van der Waals surface area contributed by atoms with Gasteiger partial charge in [0.2, 0.25) is 10.0 Å². The number of nitrogens with zero attached hydrogens (tertiary/aromatic N) is 1. The van der Waals surface area contributed by atoms with Gasteiger partial charge in [0.05, 0.1) is 7.11 Å². The SMILES string of the molecule is COc1cc(CN)ccc1S(=O)(=O)N1CCCCC1. The lowest BCUT2D eigenvalue weighted by atomic mass is 10.2. The van der Waals surface area contributed by atoms with Crippen LogP contribution < -0.4 is 10.5 Å². The molecule has 0 unspecified atom stereocenters. The van der Waals surface area contributed by atoms with Gasteiger partial charge in [-0.05, 0) is 30.5 Å². The van der Waals surface area contributed by atoms with Crippen LogP contribution >= 0.6 is 0 Å². The van der Waals surface area contributed by atoms with E-state index < -0.39 is 10.0 Å². The summed E-state index contributed by atoms with van der Waals surface area (Å²) >= 11 is 0. The van der Waals surface area contributed by atoms with Crippen LogP contribution in [-0.2, 0) is 16.6 Å². The van der Waals surface area contributed by atoms with Gasteiger partial charge in [-0.2, -0.15) is 4.31 Å². The van der Waals surface area contributed by atoms with Crippen LogP contribution in [0.3, 0.4) is 0 Å². The normalized spacial score (nSPS) is 17.4. The van der Waals surface area contributed by atoms with E-state index in [2.05, 4.69) is 0 Å². The molecule has 0 bridgehead atoms. The lowest BCUT2D eigenvalue weighted by Gasteiger charge is -2.26. The van der Waals surface area contributed by atoms with Crippen LogP contribution in [0.15, 0.2) is 23.1 Å². The zero-order chi connectivity index (χ0) is 13.9. The average Bonchev–Trinajstić information content (AvgIpc) is 2.47. The number of sulfonamides is 1. The lowest BCUT2D eigenvalue weighted by molar-refractivity contribution is 0.342. The van der Waals surface area contributed by atoms with Crippen molar-refractivity contribution in [2.75, 3.05) is 20.2 Å². The van der Waals surface area contributed by atoms with E-state index in [1.807, 2.05) is 0 Å². The number of piperidine rings is 1. The van der Waals surface area contributed by atoms with Crippen LogP contribution in [0.2, 0.25) is 0 Å². The highest BCUT2D eigenvalue weighted by atomic mass is 32.2. The van der Waals surface area contributed by atoms with Crippen molar-refractivity contribution in [1.82, 2.24) is 4.31 Å². The average molecular weight is 284 g/mol. The number of methoxy groups -OCH3 is 1. The molecule has 0 amide bonds. The molecule has 1 saturated heterocycles. The summed E-state index contributed by atoms with van der Waals surface area (Å²) in [5, 5.41) is 0. The maximum Gasteiger partial charge on any atom is 0.246 e. The number of rotatable bonds is 4. The Labute approximate surface area is 114 Å². The summed E-state index contributed by atoms with van der Waals surface area (Å²) in [6.07, 6.45) is 2.93. The van der Waals surface area contributed by atoms with Crippen molar-refractivity contribution in [3.05, 3.63) is 23.8 Å². The van der Waals surface area contributed by atoms with E-state index in [9.17, 15) is 8.42 Å². The first-order valence-corrected chi connectivity index (χ1v) is 7.90. The first-order valence-electron chi connectivity index (χ1n) is 6.46. The van der Waals surface area contributed by atoms with Gasteiger partial charge in [-0.25, -0.2) is 8.42 Å². The zero-order valence-corrected chi connectivity index (χ0v) is 11.9. The van der Waals surface area contributed by atoms with Crippen molar-refractivity contribution in [2.45, 2.75) is 30.7 Å². The van der Waals surface area contributed by atoms with Gasteiger partial charge in [0, 0.05) is 19.6 Å². The number of hydrogen-bond acceptors (Lipinski definition) is 4. The Bertz CT molecular complexity index is 537. The Morgan fingerprint density at radius 1 is 1.26 bits per heavy atom. The van der Waals surface area contributed by atoms with E-state index in [-0.39, 0.29) is 4.90 Å². The van der Waals surface area contributed by atoms with E-state index in [0.29, 0.717) is 25.4 Å². The molecule has 1 fully saturated rings. The van der Waals surface area contributed by atoms with Gasteiger partial charge in [-0.15, -0.1) is 0 Å². The van der Waals surface area contributed by atoms with Crippen molar-refractivity contribution >= 4 is 10.0 Å². The van der Waals surface area contributed by atoms with E-state index in [1.54, 1.807) is 18.2 Å². The van der Waals surface area contributed by atoms with Crippen LogP contribution in [0.25, 0.3) is 0 Å². The molecule has 0 saturated carbocycles. The Balaban J connectivity index is 2.39. The maximum atomic E-state index is 12.6. The van der Waals surface area contributed by atoms with Gasteiger partial charge in [0.15, 0.2) is 0 Å². The van der Waals surface area contributed by atoms with Gasteiger partial charge in [0.1, 0.15) is 10.6 Å². The number of benzene rings is 1. The lowest BCUT2D eigenvalue weighted by Crippen LogP contribution is -2.35. The summed E-state index contributed by atoms with van der Waals surface area (Å²) in [4.78, 5) is 0.231. The second-order valence-corrected chi connectivity index (χ2v) is 6.56. The van der Waals surface area contributed by atoms with E-state index >= 15 is 0 Å². The van der Waals surface area contributed by atoms with E-state index in [1.165, 1.54) is 11.4 Å². The summed E-state index contributed by atoms with van der Waals surface area (Å²) in [5.74, 6) is 0.369. The highest BCUT2D eigenvalue weighted by Gasteiger charge is 2.28. The van der Waals surface area contributed by atoms with Gasteiger partial charge in [-0.1, -0.05) is 12.5 Å². The largest absolute Gasteiger partial charge is 0.495 e. The minimum Gasteiger partial charge on any atom is -0.495 e. The molecule has 6 heteroatoms. The van der Waals surface area contributed by atoms with Crippen LogP contribution in [0.5, 0.6) is 5.75 Å². The summed E-state index contributed by atoms with van der Waals surface area (Å²) < 4.78 is 31.9. The molecule has 2 N–H and O–H groups in total. The third-order valence-corrected chi connectivity index (χ3v) is 5.33. The van der Waals surface area contributed by atoms with Crippen LogP contribution in [0.1, 0.15) is 24.8 Å². The Hall–Kier alpha value is -1.11. The molecule has 2 rings (SSSR count). The summed E-state index contributed by atoms with van der Waals surface area (Å²) in [7, 11) is -1.99. The third kappa shape index (κ3) is 2.91. The number of ether oxygens (including phenoxy) is 1. The molecule has 1 aliphatic heterocycles. The monoisotopic (exact) mass is 284 g/mol. The molecular weight excluding hydrogens is 264 g/mol. The maximum absolute atomic E-state index is 12.6. The van der Waals surface area contributed by atoms with E-state index in [4.69, 9.17) is 10.5 Å². The highest BCUT2D eigenvalue weighted by Crippen LogP contribution is 2.29. The van der Waals surface area contributed by atoms with Gasteiger partial charge in [0.25, 0.3) is 0 Å². The zero-order valence-electron chi connectivity index (χ0n) is 11.1. The molecule has 0 atom stereocenters. The highest BCUT2D eigenvalue weighted by molar-refractivity contribution is 7.89. The molecule has 0 spiro atoms. The molecule has 0 aliphatic carbocycles. The fourth-order valence-electron chi connectivity index (χ4n) is 2.30. The summed E-state index contributed by atoms with van der Waals surface area (Å²) in [6.45, 7) is 1.54. The molecule has 106 valence electrons.